The van der Waals surface area contributed by atoms with Crippen molar-refractivity contribution in [1.29, 1.82) is 0 Å². The van der Waals surface area contributed by atoms with Crippen LogP contribution in [0.5, 0.6) is 0 Å². The average molecular weight is 268 g/mol. The van der Waals surface area contributed by atoms with Gasteiger partial charge in [0.1, 0.15) is 0 Å². The van der Waals surface area contributed by atoms with E-state index in [0.29, 0.717) is 23.4 Å². The van der Waals surface area contributed by atoms with Gasteiger partial charge in [0.2, 0.25) is 0 Å². The number of hydrogen-bond donors (Lipinski definition) is 2. The van der Waals surface area contributed by atoms with E-state index in [0.717, 1.165) is 5.56 Å². The summed E-state index contributed by atoms with van der Waals surface area (Å²) in [6.07, 6.45) is 0. The molecule has 0 aliphatic heterocycles. The fraction of sp³-hybridized carbons (Fsp3) is 0.125. The average Bonchev–Trinajstić information content (AvgIpc) is 2.47. The molecule has 0 saturated heterocycles. The summed E-state index contributed by atoms with van der Waals surface area (Å²) < 4.78 is 0. The molecule has 0 heterocycles. The van der Waals surface area contributed by atoms with Gasteiger partial charge in [0, 0.05) is 17.7 Å². The highest BCUT2D eigenvalue weighted by molar-refractivity contribution is 6.09. The first-order valence-corrected chi connectivity index (χ1v) is 6.32. The predicted octanol–water partition coefficient (Wildman–Crippen LogP) is 2.60. The Bertz CT molecular complexity index is 650. The van der Waals surface area contributed by atoms with Crippen LogP contribution in [0.1, 0.15) is 33.2 Å². The molecule has 0 fully saturated rings. The van der Waals surface area contributed by atoms with E-state index >= 15 is 0 Å². The minimum Gasteiger partial charge on any atom is -0.326 e. The number of para-hydroxylation sites is 1. The maximum Gasteiger partial charge on any atom is 0.255 e. The van der Waals surface area contributed by atoms with Gasteiger partial charge in [0.15, 0.2) is 5.78 Å². The minimum absolute atomic E-state index is 0.0865. The summed E-state index contributed by atoms with van der Waals surface area (Å²) in [4.78, 5) is 23.7. The van der Waals surface area contributed by atoms with Crippen LogP contribution >= 0.6 is 0 Å². The molecular weight excluding hydrogens is 252 g/mol. The molecule has 0 aliphatic carbocycles. The SMILES string of the molecule is CC(=O)c1ccccc1NC(=O)c1cccc(CN)c1. The second-order valence-corrected chi connectivity index (χ2v) is 4.46. The number of benzene rings is 2. The van der Waals surface area contributed by atoms with Gasteiger partial charge < -0.3 is 11.1 Å². The first-order valence-electron chi connectivity index (χ1n) is 6.32. The summed E-state index contributed by atoms with van der Waals surface area (Å²) >= 11 is 0. The van der Waals surface area contributed by atoms with Gasteiger partial charge in [-0.05, 0) is 36.8 Å². The van der Waals surface area contributed by atoms with Crippen LogP contribution in [0.25, 0.3) is 0 Å². The third-order valence-corrected chi connectivity index (χ3v) is 2.98. The Balaban J connectivity index is 2.25. The molecule has 102 valence electrons. The van der Waals surface area contributed by atoms with E-state index in [1.807, 2.05) is 6.07 Å². The molecule has 0 unspecified atom stereocenters. The molecule has 20 heavy (non-hydrogen) atoms. The van der Waals surface area contributed by atoms with Crippen LogP contribution in [-0.2, 0) is 6.54 Å². The highest BCUT2D eigenvalue weighted by atomic mass is 16.1. The first kappa shape index (κ1) is 14.0. The molecule has 0 aromatic heterocycles. The molecule has 1 amide bonds. The zero-order chi connectivity index (χ0) is 14.5. The Morgan fingerprint density at radius 1 is 1.10 bits per heavy atom. The Hall–Kier alpha value is -2.46. The fourth-order valence-corrected chi connectivity index (χ4v) is 1.93. The van der Waals surface area contributed by atoms with Crippen molar-refractivity contribution in [2.75, 3.05) is 5.32 Å². The summed E-state index contributed by atoms with van der Waals surface area (Å²) in [5.74, 6) is -0.342. The molecule has 2 aromatic carbocycles. The van der Waals surface area contributed by atoms with Gasteiger partial charge in [-0.25, -0.2) is 0 Å². The zero-order valence-corrected chi connectivity index (χ0v) is 11.2. The third-order valence-electron chi connectivity index (χ3n) is 2.98. The lowest BCUT2D eigenvalue weighted by molar-refractivity contribution is 0.101. The molecule has 0 atom stereocenters. The Morgan fingerprint density at radius 2 is 1.85 bits per heavy atom. The van der Waals surface area contributed by atoms with Gasteiger partial charge in [-0.2, -0.15) is 0 Å². The predicted molar refractivity (Wildman–Crippen MR) is 78.7 cm³/mol. The van der Waals surface area contributed by atoms with Crippen molar-refractivity contribution in [3.63, 3.8) is 0 Å². The Kier molecular flexibility index (Phi) is 4.27. The number of carbonyl (C=O) groups excluding carboxylic acids is 2. The van der Waals surface area contributed by atoms with Gasteiger partial charge in [0.05, 0.1) is 5.69 Å². The van der Waals surface area contributed by atoms with Gasteiger partial charge in [-0.15, -0.1) is 0 Å². The normalized spacial score (nSPS) is 10.1. The van der Waals surface area contributed by atoms with Crippen LogP contribution in [0, 0.1) is 0 Å². The monoisotopic (exact) mass is 268 g/mol. The smallest absolute Gasteiger partial charge is 0.255 e. The molecule has 0 aliphatic rings. The summed E-state index contributed by atoms with van der Waals surface area (Å²) in [7, 11) is 0. The van der Waals surface area contributed by atoms with E-state index < -0.39 is 0 Å². The van der Waals surface area contributed by atoms with Crippen LogP contribution in [0.15, 0.2) is 48.5 Å². The second kappa shape index (κ2) is 6.12. The second-order valence-electron chi connectivity index (χ2n) is 4.46. The van der Waals surface area contributed by atoms with Crippen LogP contribution in [0.4, 0.5) is 5.69 Å². The van der Waals surface area contributed by atoms with E-state index in [1.165, 1.54) is 6.92 Å². The minimum atomic E-state index is -0.256. The molecular formula is C16H16N2O2. The maximum atomic E-state index is 12.2. The quantitative estimate of drug-likeness (QED) is 0.837. The summed E-state index contributed by atoms with van der Waals surface area (Å²) in [6, 6.07) is 14.0. The first-order chi connectivity index (χ1) is 9.61. The van der Waals surface area contributed by atoms with Crippen LogP contribution < -0.4 is 11.1 Å². The van der Waals surface area contributed by atoms with Gasteiger partial charge >= 0.3 is 0 Å². The van der Waals surface area contributed by atoms with Crippen LogP contribution in [0.2, 0.25) is 0 Å². The number of carbonyl (C=O) groups is 2. The van der Waals surface area contributed by atoms with Gasteiger partial charge in [-0.1, -0.05) is 24.3 Å². The molecule has 0 radical (unpaired) electrons. The number of amides is 1. The molecule has 4 heteroatoms. The highest BCUT2D eigenvalue weighted by Crippen LogP contribution is 2.17. The molecule has 2 aromatic rings. The van der Waals surface area contributed by atoms with Crippen LogP contribution in [0.3, 0.4) is 0 Å². The van der Waals surface area contributed by atoms with Crippen molar-refractivity contribution in [2.45, 2.75) is 13.5 Å². The highest BCUT2D eigenvalue weighted by Gasteiger charge is 2.11. The Morgan fingerprint density at radius 3 is 2.55 bits per heavy atom. The molecule has 0 bridgehead atoms. The van der Waals surface area contributed by atoms with Gasteiger partial charge in [-0.3, -0.25) is 9.59 Å². The summed E-state index contributed by atoms with van der Waals surface area (Å²) in [5.41, 5.74) is 7.98. The number of ketones is 1. The summed E-state index contributed by atoms with van der Waals surface area (Å²) in [5, 5.41) is 2.76. The van der Waals surface area contributed by atoms with Crippen molar-refractivity contribution in [3.8, 4) is 0 Å². The maximum absolute atomic E-state index is 12.2. The van der Waals surface area contributed by atoms with Crippen molar-refractivity contribution < 1.29 is 9.59 Å². The molecule has 3 N–H and O–H groups in total. The van der Waals surface area contributed by atoms with Crippen molar-refractivity contribution in [1.82, 2.24) is 0 Å². The van der Waals surface area contributed by atoms with Crippen molar-refractivity contribution >= 4 is 17.4 Å². The number of rotatable bonds is 4. The molecule has 4 nitrogen and oxygen atoms in total. The van der Waals surface area contributed by atoms with Gasteiger partial charge in [0.25, 0.3) is 5.91 Å². The molecule has 0 spiro atoms. The number of nitrogens with one attached hydrogen (secondary N) is 1. The van der Waals surface area contributed by atoms with Crippen LogP contribution in [-0.4, -0.2) is 11.7 Å². The fourth-order valence-electron chi connectivity index (χ4n) is 1.93. The van der Waals surface area contributed by atoms with Crippen molar-refractivity contribution in [3.05, 3.63) is 65.2 Å². The van der Waals surface area contributed by atoms with E-state index in [1.54, 1.807) is 42.5 Å². The number of Topliss-reactive ketones (excluding diaryl/α,β-unsaturated/α-hetero) is 1. The largest absolute Gasteiger partial charge is 0.326 e. The third kappa shape index (κ3) is 3.10. The lowest BCUT2D eigenvalue weighted by Crippen LogP contribution is -2.14. The number of hydrogen-bond acceptors (Lipinski definition) is 3. The van der Waals surface area contributed by atoms with E-state index in [4.69, 9.17) is 5.73 Å². The molecule has 0 saturated carbocycles. The Labute approximate surface area is 117 Å². The molecule has 2 rings (SSSR count). The van der Waals surface area contributed by atoms with E-state index in [2.05, 4.69) is 5.32 Å². The van der Waals surface area contributed by atoms with E-state index in [-0.39, 0.29) is 11.7 Å². The topological polar surface area (TPSA) is 72.2 Å². The zero-order valence-electron chi connectivity index (χ0n) is 11.2. The number of nitrogens with two attached hydrogens (primary N) is 1. The summed E-state index contributed by atoms with van der Waals surface area (Å²) in [6.45, 7) is 1.85. The van der Waals surface area contributed by atoms with Crippen molar-refractivity contribution in [2.24, 2.45) is 5.73 Å². The lowest BCUT2D eigenvalue weighted by Gasteiger charge is -2.09. The van der Waals surface area contributed by atoms with E-state index in [9.17, 15) is 9.59 Å². The lowest BCUT2D eigenvalue weighted by atomic mass is 10.1. The standard InChI is InChI=1S/C16H16N2O2/c1-11(19)14-7-2-3-8-15(14)18-16(20)13-6-4-5-12(9-13)10-17/h2-9H,10,17H2,1H3,(H,18,20). The number of anilines is 1.